The van der Waals surface area contributed by atoms with E-state index in [-0.39, 0.29) is 0 Å². The molecule has 0 atom stereocenters. The summed E-state index contributed by atoms with van der Waals surface area (Å²) >= 11 is 0. The van der Waals surface area contributed by atoms with Gasteiger partial charge in [-0.1, -0.05) is 0 Å². The lowest BCUT2D eigenvalue weighted by Crippen LogP contribution is -1.75. The first-order chi connectivity index (χ1) is 4.31. The van der Waals surface area contributed by atoms with Crippen molar-refractivity contribution in [3.63, 3.8) is 0 Å². The van der Waals surface area contributed by atoms with Crippen LogP contribution >= 0.6 is 0 Å². The standard InChI is InChI=1S/C5H7N.C2H4O/c1-6-4-2-3-5-6;1-2-3/h2-5H,1H3;2H,1H3. The molecule has 0 aliphatic carbocycles. The quantitative estimate of drug-likeness (QED) is 0.478. The number of carbonyl (C=O) groups excluding carboxylic acids is 1. The predicted octanol–water partition coefficient (Wildman–Crippen LogP) is 1.23. The topological polar surface area (TPSA) is 22.0 Å². The summed E-state index contributed by atoms with van der Waals surface area (Å²) in [7, 11) is 2.00. The first kappa shape index (κ1) is 7.95. The predicted molar refractivity (Wildman–Crippen MR) is 37.2 cm³/mol. The molecule has 50 valence electrons. The van der Waals surface area contributed by atoms with E-state index in [1.165, 1.54) is 6.92 Å². The third-order valence-corrected chi connectivity index (χ3v) is 0.754. The minimum Gasteiger partial charge on any atom is -0.357 e. The van der Waals surface area contributed by atoms with Crippen LogP contribution in [0.2, 0.25) is 0 Å². The molecular formula is C7H11NO. The maximum atomic E-state index is 8.81. The fourth-order valence-electron chi connectivity index (χ4n) is 0.421. The molecule has 0 spiro atoms. The second kappa shape index (κ2) is 5.09. The molecule has 0 amide bonds. The van der Waals surface area contributed by atoms with Gasteiger partial charge < -0.3 is 9.36 Å². The second-order valence-corrected chi connectivity index (χ2v) is 1.58. The molecule has 2 heteroatoms. The molecule has 2 nitrogen and oxygen atoms in total. The molecule has 0 fully saturated rings. The number of hydrogen-bond acceptors (Lipinski definition) is 1. The molecular weight excluding hydrogens is 114 g/mol. The largest absolute Gasteiger partial charge is 0.357 e. The van der Waals surface area contributed by atoms with Crippen LogP contribution < -0.4 is 0 Å². The molecule has 9 heavy (non-hydrogen) atoms. The highest BCUT2D eigenvalue weighted by Crippen LogP contribution is 1.80. The molecule has 1 aromatic rings. The molecule has 0 saturated carbocycles. The van der Waals surface area contributed by atoms with E-state index in [2.05, 4.69) is 0 Å². The Labute approximate surface area is 55.1 Å². The van der Waals surface area contributed by atoms with Crippen LogP contribution in [0.5, 0.6) is 0 Å². The van der Waals surface area contributed by atoms with Gasteiger partial charge in [-0.05, 0) is 19.1 Å². The summed E-state index contributed by atoms with van der Waals surface area (Å²) in [6, 6.07) is 4.00. The second-order valence-electron chi connectivity index (χ2n) is 1.58. The van der Waals surface area contributed by atoms with Crippen LogP contribution in [0.1, 0.15) is 6.92 Å². The Morgan fingerprint density at radius 1 is 1.33 bits per heavy atom. The monoisotopic (exact) mass is 125 g/mol. The molecule has 0 unspecified atom stereocenters. The molecule has 0 aliphatic heterocycles. The maximum Gasteiger partial charge on any atom is 0.116 e. The van der Waals surface area contributed by atoms with Gasteiger partial charge in [-0.2, -0.15) is 0 Å². The zero-order valence-electron chi connectivity index (χ0n) is 5.74. The van der Waals surface area contributed by atoms with E-state index < -0.39 is 0 Å². The van der Waals surface area contributed by atoms with Crippen LogP contribution in [-0.2, 0) is 11.8 Å². The van der Waals surface area contributed by atoms with Crippen LogP contribution in [0.3, 0.4) is 0 Å². The summed E-state index contributed by atoms with van der Waals surface area (Å²) in [5.41, 5.74) is 0. The fraction of sp³-hybridized carbons (Fsp3) is 0.286. The average Bonchev–Trinajstić information content (AvgIpc) is 2.20. The van der Waals surface area contributed by atoms with Crippen LogP contribution in [0.4, 0.5) is 0 Å². The normalized spacial score (nSPS) is 7.33. The van der Waals surface area contributed by atoms with Crippen molar-refractivity contribution in [3.8, 4) is 0 Å². The molecule has 0 aromatic carbocycles. The van der Waals surface area contributed by atoms with Crippen molar-refractivity contribution in [3.05, 3.63) is 24.5 Å². The summed E-state index contributed by atoms with van der Waals surface area (Å²) in [5.74, 6) is 0. The molecule has 1 heterocycles. The van der Waals surface area contributed by atoms with Gasteiger partial charge in [0.1, 0.15) is 6.29 Å². The number of hydrogen-bond donors (Lipinski definition) is 0. The number of aryl methyl sites for hydroxylation is 1. The molecule has 0 radical (unpaired) electrons. The van der Waals surface area contributed by atoms with Crippen LogP contribution in [-0.4, -0.2) is 10.9 Å². The van der Waals surface area contributed by atoms with E-state index in [9.17, 15) is 0 Å². The van der Waals surface area contributed by atoms with Gasteiger partial charge in [-0.15, -0.1) is 0 Å². The van der Waals surface area contributed by atoms with Crippen molar-refractivity contribution in [1.82, 2.24) is 4.57 Å². The van der Waals surface area contributed by atoms with E-state index >= 15 is 0 Å². The van der Waals surface area contributed by atoms with Gasteiger partial charge in [-0.3, -0.25) is 0 Å². The van der Waals surface area contributed by atoms with E-state index in [1.807, 2.05) is 36.1 Å². The summed E-state index contributed by atoms with van der Waals surface area (Å²) in [5, 5.41) is 0. The van der Waals surface area contributed by atoms with Gasteiger partial charge in [-0.25, -0.2) is 0 Å². The van der Waals surface area contributed by atoms with Crippen molar-refractivity contribution in [2.45, 2.75) is 6.92 Å². The number of nitrogens with zero attached hydrogens (tertiary/aromatic N) is 1. The lowest BCUT2D eigenvalue weighted by molar-refractivity contribution is -0.106. The number of aromatic nitrogens is 1. The van der Waals surface area contributed by atoms with Gasteiger partial charge in [0.15, 0.2) is 0 Å². The highest BCUT2D eigenvalue weighted by atomic mass is 16.1. The maximum absolute atomic E-state index is 8.81. The Balaban J connectivity index is 0.000000187. The third-order valence-electron chi connectivity index (χ3n) is 0.754. The average molecular weight is 125 g/mol. The van der Waals surface area contributed by atoms with Crippen molar-refractivity contribution in [2.75, 3.05) is 0 Å². The van der Waals surface area contributed by atoms with Gasteiger partial charge >= 0.3 is 0 Å². The van der Waals surface area contributed by atoms with Crippen molar-refractivity contribution >= 4 is 6.29 Å². The van der Waals surface area contributed by atoms with E-state index in [4.69, 9.17) is 4.79 Å². The van der Waals surface area contributed by atoms with Crippen molar-refractivity contribution in [1.29, 1.82) is 0 Å². The number of aldehydes is 1. The zero-order chi connectivity index (χ0) is 7.11. The van der Waals surface area contributed by atoms with Crippen molar-refractivity contribution < 1.29 is 4.79 Å². The Kier molecular flexibility index (Phi) is 4.50. The minimum absolute atomic E-state index is 0.750. The SMILES string of the molecule is CC=O.Cn1cccc1. The first-order valence-corrected chi connectivity index (χ1v) is 2.78. The highest BCUT2D eigenvalue weighted by Gasteiger charge is 1.68. The van der Waals surface area contributed by atoms with Crippen LogP contribution in [0, 0.1) is 0 Å². The van der Waals surface area contributed by atoms with E-state index in [0.717, 1.165) is 6.29 Å². The number of rotatable bonds is 0. The van der Waals surface area contributed by atoms with Gasteiger partial charge in [0.25, 0.3) is 0 Å². The Bertz CT molecular complexity index is 144. The highest BCUT2D eigenvalue weighted by molar-refractivity contribution is 5.44. The van der Waals surface area contributed by atoms with Crippen molar-refractivity contribution in [2.24, 2.45) is 7.05 Å². The lowest BCUT2D eigenvalue weighted by Gasteiger charge is -1.79. The van der Waals surface area contributed by atoms with Gasteiger partial charge in [0.05, 0.1) is 0 Å². The molecule has 0 bridgehead atoms. The van der Waals surface area contributed by atoms with Gasteiger partial charge in [0.2, 0.25) is 0 Å². The zero-order valence-corrected chi connectivity index (χ0v) is 5.74. The smallest absolute Gasteiger partial charge is 0.116 e. The Hall–Kier alpha value is -1.05. The molecule has 0 saturated heterocycles. The fourth-order valence-corrected chi connectivity index (χ4v) is 0.421. The molecule has 0 N–H and O–H groups in total. The number of carbonyl (C=O) groups is 1. The summed E-state index contributed by atoms with van der Waals surface area (Å²) in [6.45, 7) is 1.44. The Morgan fingerprint density at radius 2 is 1.67 bits per heavy atom. The van der Waals surface area contributed by atoms with E-state index in [0.29, 0.717) is 0 Å². The third kappa shape index (κ3) is 4.81. The van der Waals surface area contributed by atoms with Crippen LogP contribution in [0.25, 0.3) is 0 Å². The molecule has 1 aromatic heterocycles. The van der Waals surface area contributed by atoms with E-state index in [1.54, 1.807) is 0 Å². The van der Waals surface area contributed by atoms with Crippen LogP contribution in [0.15, 0.2) is 24.5 Å². The molecule has 0 aliphatic rings. The molecule has 1 rings (SSSR count). The summed E-state index contributed by atoms with van der Waals surface area (Å²) < 4.78 is 2.00. The minimum atomic E-state index is 0.750. The lowest BCUT2D eigenvalue weighted by atomic mass is 10.7. The summed E-state index contributed by atoms with van der Waals surface area (Å²) in [6.07, 6.45) is 4.75. The van der Waals surface area contributed by atoms with Gasteiger partial charge in [0, 0.05) is 19.4 Å². The summed E-state index contributed by atoms with van der Waals surface area (Å²) in [4.78, 5) is 8.81. The Morgan fingerprint density at radius 3 is 1.78 bits per heavy atom. The first-order valence-electron chi connectivity index (χ1n) is 2.78.